The Morgan fingerprint density at radius 3 is 2.81 bits per heavy atom. The average molecular weight is 385 g/mol. The number of methoxy groups -OCH3 is 1. The van der Waals surface area contributed by atoms with Gasteiger partial charge in [0.15, 0.2) is 11.5 Å². The third-order valence-corrected chi connectivity index (χ3v) is 4.34. The molecule has 2 rings (SSSR count). The molecule has 1 aromatic carbocycles. The van der Waals surface area contributed by atoms with Gasteiger partial charge in [0.2, 0.25) is 0 Å². The molecular formula is C19H29ClN2O4. The van der Waals surface area contributed by atoms with Gasteiger partial charge in [0, 0.05) is 38.8 Å². The summed E-state index contributed by atoms with van der Waals surface area (Å²) in [6.07, 6.45) is 2.73. The molecule has 6 nitrogen and oxygen atoms in total. The number of hydrogen-bond acceptors (Lipinski definition) is 5. The van der Waals surface area contributed by atoms with E-state index in [9.17, 15) is 4.79 Å². The Bertz CT molecular complexity index is 589. The van der Waals surface area contributed by atoms with E-state index in [-0.39, 0.29) is 18.1 Å². The van der Waals surface area contributed by atoms with Crippen molar-refractivity contribution in [2.75, 3.05) is 33.4 Å². The molecule has 7 heteroatoms. The zero-order chi connectivity index (χ0) is 18.9. The van der Waals surface area contributed by atoms with E-state index in [0.29, 0.717) is 35.3 Å². The maximum absolute atomic E-state index is 12.7. The van der Waals surface area contributed by atoms with E-state index >= 15 is 0 Å². The number of carbonyl (C=O) groups is 1. The molecular weight excluding hydrogens is 356 g/mol. The Morgan fingerprint density at radius 1 is 1.35 bits per heavy atom. The molecule has 26 heavy (non-hydrogen) atoms. The lowest BCUT2D eigenvalue weighted by atomic mass is 10.1. The third-order valence-electron chi connectivity index (χ3n) is 4.02. The molecule has 1 atom stereocenters. The Labute approximate surface area is 160 Å². The second-order valence-electron chi connectivity index (χ2n) is 6.66. The molecule has 1 amide bonds. The highest BCUT2D eigenvalue weighted by Gasteiger charge is 2.21. The van der Waals surface area contributed by atoms with Crippen LogP contribution in [0.2, 0.25) is 5.02 Å². The summed E-state index contributed by atoms with van der Waals surface area (Å²) in [5.41, 5.74) is 0.398. The van der Waals surface area contributed by atoms with Gasteiger partial charge in [0.25, 0.3) is 5.91 Å². The molecule has 146 valence electrons. The summed E-state index contributed by atoms with van der Waals surface area (Å²) in [5, 5.41) is 6.67. The lowest BCUT2D eigenvalue weighted by molar-refractivity contribution is 0.0930. The molecule has 0 aliphatic carbocycles. The summed E-state index contributed by atoms with van der Waals surface area (Å²) in [7, 11) is 1.65. The Hall–Kier alpha value is -1.50. The molecule has 0 aromatic heterocycles. The van der Waals surface area contributed by atoms with Crippen molar-refractivity contribution in [1.82, 2.24) is 10.6 Å². The molecule has 1 aromatic rings. The number of ether oxygens (including phenoxy) is 3. The van der Waals surface area contributed by atoms with Crippen LogP contribution in [0.25, 0.3) is 0 Å². The molecule has 0 spiro atoms. The van der Waals surface area contributed by atoms with E-state index in [4.69, 9.17) is 25.8 Å². The fourth-order valence-corrected chi connectivity index (χ4v) is 3.03. The van der Waals surface area contributed by atoms with E-state index in [1.807, 2.05) is 13.8 Å². The van der Waals surface area contributed by atoms with Crippen LogP contribution in [-0.2, 0) is 4.74 Å². The number of nitrogens with one attached hydrogen (secondary N) is 2. The highest BCUT2D eigenvalue weighted by atomic mass is 35.5. The molecule has 1 saturated heterocycles. The number of hydrogen-bond donors (Lipinski definition) is 2. The van der Waals surface area contributed by atoms with Crippen molar-refractivity contribution in [3.8, 4) is 11.5 Å². The van der Waals surface area contributed by atoms with Gasteiger partial charge in [-0.1, -0.05) is 11.6 Å². The molecule has 0 saturated carbocycles. The number of amides is 1. The van der Waals surface area contributed by atoms with Crippen LogP contribution in [0.15, 0.2) is 12.1 Å². The number of piperidine rings is 1. The molecule has 1 aliphatic heterocycles. The monoisotopic (exact) mass is 384 g/mol. The third kappa shape index (κ3) is 6.34. The summed E-state index contributed by atoms with van der Waals surface area (Å²) in [4.78, 5) is 12.7. The first-order chi connectivity index (χ1) is 12.5. The Kier molecular flexibility index (Phi) is 8.48. The van der Waals surface area contributed by atoms with E-state index < -0.39 is 0 Å². The van der Waals surface area contributed by atoms with E-state index in [1.165, 1.54) is 0 Å². The maximum atomic E-state index is 12.7. The summed E-state index contributed by atoms with van der Waals surface area (Å²) >= 11 is 6.35. The predicted molar refractivity (Wildman–Crippen MR) is 103 cm³/mol. The lowest BCUT2D eigenvalue weighted by Crippen LogP contribution is -2.45. The largest absolute Gasteiger partial charge is 0.490 e. The summed E-state index contributed by atoms with van der Waals surface area (Å²) in [5.74, 6) is 0.867. The lowest BCUT2D eigenvalue weighted by Gasteiger charge is -2.24. The van der Waals surface area contributed by atoms with Crippen LogP contribution in [0.3, 0.4) is 0 Å². The van der Waals surface area contributed by atoms with Gasteiger partial charge in [-0.05, 0) is 39.3 Å². The molecule has 0 radical (unpaired) electrons. The topological polar surface area (TPSA) is 68.8 Å². The van der Waals surface area contributed by atoms with Crippen LogP contribution in [-0.4, -0.2) is 51.5 Å². The van der Waals surface area contributed by atoms with Crippen LogP contribution in [0, 0.1) is 0 Å². The quantitative estimate of drug-likeness (QED) is 0.640. The zero-order valence-electron chi connectivity index (χ0n) is 15.8. The highest BCUT2D eigenvalue weighted by Crippen LogP contribution is 2.34. The number of halogens is 1. The van der Waals surface area contributed by atoms with Crippen LogP contribution in [0.5, 0.6) is 11.5 Å². The maximum Gasteiger partial charge on any atom is 0.253 e. The SMILES string of the molecule is COCCCOc1cc(C(=O)N[C@@H]2CCCNC2)c(Cl)cc1OC(C)C. The van der Waals surface area contributed by atoms with Gasteiger partial charge >= 0.3 is 0 Å². The van der Waals surface area contributed by atoms with Gasteiger partial charge in [0.1, 0.15) is 0 Å². The molecule has 1 aliphatic rings. The van der Waals surface area contributed by atoms with Gasteiger partial charge in [-0.3, -0.25) is 4.79 Å². The van der Waals surface area contributed by atoms with E-state index in [2.05, 4.69) is 10.6 Å². The van der Waals surface area contributed by atoms with Crippen LogP contribution >= 0.6 is 11.6 Å². The van der Waals surface area contributed by atoms with Crippen LogP contribution in [0.4, 0.5) is 0 Å². The summed E-state index contributed by atoms with van der Waals surface area (Å²) in [6, 6.07) is 3.43. The minimum atomic E-state index is -0.193. The summed E-state index contributed by atoms with van der Waals surface area (Å²) in [6.45, 7) is 6.71. The van der Waals surface area contributed by atoms with Crippen LogP contribution in [0.1, 0.15) is 43.5 Å². The van der Waals surface area contributed by atoms with Crippen molar-refractivity contribution in [3.63, 3.8) is 0 Å². The van der Waals surface area contributed by atoms with Gasteiger partial charge in [0.05, 0.1) is 23.3 Å². The minimum Gasteiger partial charge on any atom is -0.490 e. The van der Waals surface area contributed by atoms with Crippen molar-refractivity contribution in [1.29, 1.82) is 0 Å². The number of benzene rings is 1. The second-order valence-corrected chi connectivity index (χ2v) is 7.06. The predicted octanol–water partition coefficient (Wildman–Crippen LogP) is 3.02. The summed E-state index contributed by atoms with van der Waals surface area (Å²) < 4.78 is 16.6. The Balaban J connectivity index is 2.14. The van der Waals surface area contributed by atoms with E-state index in [1.54, 1.807) is 19.2 Å². The van der Waals surface area contributed by atoms with Gasteiger partial charge in [-0.15, -0.1) is 0 Å². The Morgan fingerprint density at radius 2 is 2.15 bits per heavy atom. The average Bonchev–Trinajstić information content (AvgIpc) is 2.60. The smallest absolute Gasteiger partial charge is 0.253 e. The first-order valence-electron chi connectivity index (χ1n) is 9.14. The molecule has 0 bridgehead atoms. The number of carbonyl (C=O) groups excluding carboxylic acids is 1. The van der Waals surface area contributed by atoms with Gasteiger partial charge in [-0.2, -0.15) is 0 Å². The molecule has 0 unspecified atom stereocenters. The number of rotatable bonds is 9. The first kappa shape index (κ1) is 20.8. The second kappa shape index (κ2) is 10.6. The fraction of sp³-hybridized carbons (Fsp3) is 0.632. The van der Waals surface area contributed by atoms with Crippen molar-refractivity contribution < 1.29 is 19.0 Å². The first-order valence-corrected chi connectivity index (χ1v) is 9.52. The van der Waals surface area contributed by atoms with Gasteiger partial charge in [-0.25, -0.2) is 0 Å². The standard InChI is InChI=1S/C19H29ClN2O4/c1-13(2)26-18-11-16(20)15(10-17(18)25-9-5-8-24-3)19(23)22-14-6-4-7-21-12-14/h10-11,13-14,21H,4-9,12H2,1-3H3,(H,22,23)/t14-/m1/s1. The van der Waals surface area contributed by atoms with Crippen LogP contribution < -0.4 is 20.1 Å². The normalized spacial score (nSPS) is 17.2. The molecule has 2 N–H and O–H groups in total. The van der Waals surface area contributed by atoms with Gasteiger partial charge < -0.3 is 24.8 Å². The molecule has 1 fully saturated rings. The highest BCUT2D eigenvalue weighted by molar-refractivity contribution is 6.34. The van der Waals surface area contributed by atoms with Crippen molar-refractivity contribution in [2.24, 2.45) is 0 Å². The van der Waals surface area contributed by atoms with Crippen molar-refractivity contribution in [2.45, 2.75) is 45.3 Å². The molecule has 1 heterocycles. The van der Waals surface area contributed by atoms with E-state index in [0.717, 1.165) is 32.4 Å². The van der Waals surface area contributed by atoms with Crippen molar-refractivity contribution in [3.05, 3.63) is 22.7 Å². The fourth-order valence-electron chi connectivity index (χ4n) is 2.79. The zero-order valence-corrected chi connectivity index (χ0v) is 16.5. The minimum absolute atomic E-state index is 0.0274. The van der Waals surface area contributed by atoms with Crippen molar-refractivity contribution >= 4 is 17.5 Å².